The normalized spacial score (nSPS) is 10.6. The maximum absolute atomic E-state index is 11.0. The van der Waals surface area contributed by atoms with Crippen LogP contribution >= 0.6 is 7.60 Å². The van der Waals surface area contributed by atoms with Gasteiger partial charge < -0.3 is 9.05 Å². The van der Waals surface area contributed by atoms with E-state index in [-0.39, 0.29) is 19.2 Å². The van der Waals surface area contributed by atoms with Crippen LogP contribution in [0.4, 0.5) is 0 Å². The van der Waals surface area contributed by atoms with Crippen LogP contribution in [0, 0.1) is 20.8 Å². The van der Waals surface area contributed by atoms with Gasteiger partial charge in [0.25, 0.3) is 0 Å². The minimum absolute atomic E-state index is 0.218. The molecule has 0 saturated heterocycles. The lowest BCUT2D eigenvalue weighted by molar-refractivity contribution is 0.231. The highest BCUT2D eigenvalue weighted by Crippen LogP contribution is 2.44. The third-order valence-electron chi connectivity index (χ3n) is 2.11. The van der Waals surface area contributed by atoms with Gasteiger partial charge in [-0.25, -0.2) is 0 Å². The summed E-state index contributed by atoms with van der Waals surface area (Å²) in [5.41, 5.74) is 4.06. The Morgan fingerprint density at radius 1 is 0.947 bits per heavy atom. The first-order valence-corrected chi connectivity index (χ1v) is 7.88. The molecule has 0 atom stereocenters. The molecule has 0 aliphatic carbocycles. The van der Waals surface area contributed by atoms with Gasteiger partial charge in [0.1, 0.15) is 0 Å². The summed E-state index contributed by atoms with van der Waals surface area (Å²) in [6.07, 6.45) is 0. The molecule has 19 heavy (non-hydrogen) atoms. The Kier molecular flexibility index (Phi) is 8.57. The number of carbonyl (C=O) groups excluding carboxylic acids is 1. The Hall–Kier alpha value is -0.960. The smallest absolute Gasteiger partial charge is 0.304 e. The zero-order valence-corrected chi connectivity index (χ0v) is 13.2. The van der Waals surface area contributed by atoms with Crippen molar-refractivity contribution >= 4 is 13.6 Å². The van der Waals surface area contributed by atoms with Crippen molar-refractivity contribution in [3.8, 4) is 0 Å². The van der Waals surface area contributed by atoms with Gasteiger partial charge in [-0.3, -0.25) is 9.36 Å². The topological polar surface area (TPSA) is 52.6 Å². The van der Waals surface area contributed by atoms with Gasteiger partial charge in [-0.2, -0.15) is 0 Å². The van der Waals surface area contributed by atoms with E-state index in [0.717, 1.165) is 0 Å². The number of carbonyl (C=O) groups is 1. The average Bonchev–Trinajstić information content (AvgIpc) is 2.28. The summed E-state index contributed by atoms with van der Waals surface area (Å²) in [6, 6.07) is 6.78. The van der Waals surface area contributed by atoms with Gasteiger partial charge in [-0.05, 0) is 34.6 Å². The molecule has 0 N–H and O–H groups in total. The molecule has 0 heterocycles. The van der Waals surface area contributed by atoms with E-state index >= 15 is 0 Å². The molecule has 0 aliphatic heterocycles. The molecule has 0 aromatic heterocycles. The zero-order chi connectivity index (χ0) is 14.9. The standard InChI is InChI=1S/C9H12.C5H11O4P/c1-7-4-8(2)6-9(3)5-7;1-3-8-10(7,5-6)9-4-2/h4-6H,1-3H3;5H,3-4H2,1-2H3. The molecule has 4 nitrogen and oxygen atoms in total. The van der Waals surface area contributed by atoms with Gasteiger partial charge in [0.05, 0.1) is 13.2 Å². The number of hydrogen-bond donors (Lipinski definition) is 0. The van der Waals surface area contributed by atoms with E-state index in [0.29, 0.717) is 0 Å². The zero-order valence-electron chi connectivity index (χ0n) is 12.3. The lowest BCUT2D eigenvalue weighted by Gasteiger charge is -2.08. The van der Waals surface area contributed by atoms with E-state index in [1.165, 1.54) is 16.7 Å². The van der Waals surface area contributed by atoms with Crippen LogP contribution in [0.2, 0.25) is 0 Å². The van der Waals surface area contributed by atoms with Crippen molar-refractivity contribution in [3.63, 3.8) is 0 Å². The van der Waals surface area contributed by atoms with Crippen LogP contribution in [0.3, 0.4) is 0 Å². The molecule has 108 valence electrons. The number of benzene rings is 1. The van der Waals surface area contributed by atoms with Gasteiger partial charge in [0, 0.05) is 0 Å². The number of hydrogen-bond acceptors (Lipinski definition) is 4. The summed E-state index contributed by atoms with van der Waals surface area (Å²) in [4.78, 5) is 10.1. The maximum atomic E-state index is 11.0. The van der Waals surface area contributed by atoms with Gasteiger partial charge in [0.2, 0.25) is 6.03 Å². The predicted molar refractivity (Wildman–Crippen MR) is 78.3 cm³/mol. The van der Waals surface area contributed by atoms with Gasteiger partial charge >= 0.3 is 7.60 Å². The Morgan fingerprint density at radius 3 is 1.47 bits per heavy atom. The maximum Gasteiger partial charge on any atom is 0.393 e. The SMILES string of the molecule is CCOP(=O)(C=O)OCC.Cc1cc(C)cc(C)c1. The Bertz CT molecular complexity index is 383. The number of aryl methyl sites for hydroxylation is 3. The van der Waals surface area contributed by atoms with Crippen LogP contribution in [0.5, 0.6) is 0 Å². The summed E-state index contributed by atoms with van der Waals surface area (Å²) in [7, 11) is -3.38. The quantitative estimate of drug-likeness (QED) is 0.605. The van der Waals surface area contributed by atoms with Crippen LogP contribution in [0.15, 0.2) is 18.2 Å². The van der Waals surface area contributed by atoms with Crippen molar-refractivity contribution in [2.75, 3.05) is 13.2 Å². The molecule has 0 bridgehead atoms. The fourth-order valence-corrected chi connectivity index (χ4v) is 2.58. The summed E-state index contributed by atoms with van der Waals surface area (Å²) in [6.45, 7) is 10.1. The molecule has 1 aromatic carbocycles. The lowest BCUT2D eigenvalue weighted by Crippen LogP contribution is -1.95. The largest absolute Gasteiger partial charge is 0.393 e. The second-order valence-corrected chi connectivity index (χ2v) is 5.95. The first kappa shape index (κ1) is 18.0. The van der Waals surface area contributed by atoms with Crippen LogP contribution in [-0.2, 0) is 18.4 Å². The molecular weight excluding hydrogens is 263 g/mol. The second kappa shape index (κ2) is 9.03. The van der Waals surface area contributed by atoms with Crippen molar-refractivity contribution in [1.82, 2.24) is 0 Å². The molecule has 0 amide bonds. The van der Waals surface area contributed by atoms with E-state index in [9.17, 15) is 9.36 Å². The Morgan fingerprint density at radius 2 is 1.26 bits per heavy atom. The van der Waals surface area contributed by atoms with Crippen LogP contribution < -0.4 is 0 Å². The summed E-state index contributed by atoms with van der Waals surface area (Å²) in [5, 5.41) is 0. The van der Waals surface area contributed by atoms with Crippen molar-refractivity contribution in [2.45, 2.75) is 34.6 Å². The number of rotatable bonds is 5. The molecule has 0 aliphatic rings. The van der Waals surface area contributed by atoms with E-state index in [2.05, 4.69) is 48.0 Å². The second-order valence-electron chi connectivity index (χ2n) is 4.15. The first-order chi connectivity index (χ1) is 8.86. The third kappa shape index (κ3) is 7.93. The summed E-state index contributed by atoms with van der Waals surface area (Å²) >= 11 is 0. The molecule has 0 spiro atoms. The Labute approximate surface area is 115 Å². The Balaban J connectivity index is 0.000000342. The van der Waals surface area contributed by atoms with Crippen molar-refractivity contribution < 1.29 is 18.4 Å². The van der Waals surface area contributed by atoms with Crippen LogP contribution in [0.25, 0.3) is 0 Å². The van der Waals surface area contributed by atoms with E-state index in [4.69, 9.17) is 0 Å². The third-order valence-corrected chi connectivity index (χ3v) is 3.61. The molecule has 0 radical (unpaired) electrons. The molecule has 5 heteroatoms. The van der Waals surface area contributed by atoms with E-state index in [1.54, 1.807) is 13.8 Å². The minimum atomic E-state index is -3.38. The van der Waals surface area contributed by atoms with Crippen LogP contribution in [-0.4, -0.2) is 19.2 Å². The molecule has 0 unspecified atom stereocenters. The van der Waals surface area contributed by atoms with Gasteiger partial charge in [-0.15, -0.1) is 0 Å². The van der Waals surface area contributed by atoms with Crippen LogP contribution in [0.1, 0.15) is 30.5 Å². The molecular formula is C14H23O4P. The predicted octanol–water partition coefficient (Wildman–Crippen LogP) is 4.05. The minimum Gasteiger partial charge on any atom is -0.304 e. The molecule has 1 rings (SSSR count). The van der Waals surface area contributed by atoms with Crippen molar-refractivity contribution in [2.24, 2.45) is 0 Å². The first-order valence-electron chi connectivity index (χ1n) is 6.27. The highest BCUT2D eigenvalue weighted by molar-refractivity contribution is 7.69. The summed E-state index contributed by atoms with van der Waals surface area (Å²) in [5.74, 6) is 0. The monoisotopic (exact) mass is 286 g/mol. The lowest BCUT2D eigenvalue weighted by atomic mass is 10.1. The van der Waals surface area contributed by atoms with E-state index in [1.807, 2.05) is 0 Å². The van der Waals surface area contributed by atoms with E-state index < -0.39 is 7.60 Å². The highest BCUT2D eigenvalue weighted by Gasteiger charge is 2.21. The van der Waals surface area contributed by atoms with Gasteiger partial charge in [-0.1, -0.05) is 34.9 Å². The van der Waals surface area contributed by atoms with Crippen molar-refractivity contribution in [3.05, 3.63) is 34.9 Å². The molecule has 1 aromatic rings. The van der Waals surface area contributed by atoms with Crippen molar-refractivity contribution in [1.29, 1.82) is 0 Å². The average molecular weight is 286 g/mol. The van der Waals surface area contributed by atoms with Gasteiger partial charge in [0.15, 0.2) is 0 Å². The fourth-order valence-electron chi connectivity index (χ4n) is 1.66. The highest BCUT2D eigenvalue weighted by atomic mass is 31.2. The molecule has 0 fully saturated rings. The fraction of sp³-hybridized carbons (Fsp3) is 0.500. The summed E-state index contributed by atoms with van der Waals surface area (Å²) < 4.78 is 20.1. The molecule has 0 saturated carbocycles.